The highest BCUT2D eigenvalue weighted by molar-refractivity contribution is 5.80. The zero-order chi connectivity index (χ0) is 13.0. The molecule has 2 heterocycles. The smallest absolute Gasteiger partial charge is 0.251 e. The predicted molar refractivity (Wildman–Crippen MR) is 63.6 cm³/mol. The molecular weight excluding hydrogens is 234 g/mol. The maximum atomic E-state index is 11.5. The lowest BCUT2D eigenvalue weighted by Crippen LogP contribution is -2.31. The number of hydrogen-bond donors (Lipinski definition) is 1. The predicted octanol–water partition coefficient (Wildman–Crippen LogP) is 0.507. The first kappa shape index (κ1) is 12.9. The van der Waals surface area contributed by atoms with Crippen LogP contribution in [0.3, 0.4) is 0 Å². The molecule has 6 heteroatoms. The molecule has 1 atom stereocenters. The van der Waals surface area contributed by atoms with Crippen molar-refractivity contribution in [3.8, 4) is 0 Å². The van der Waals surface area contributed by atoms with Crippen LogP contribution in [0.1, 0.15) is 30.3 Å². The molecule has 1 aliphatic heterocycles. The van der Waals surface area contributed by atoms with Crippen molar-refractivity contribution in [3.05, 3.63) is 23.8 Å². The number of rotatable bonds is 4. The summed E-state index contributed by atoms with van der Waals surface area (Å²) in [7, 11) is 0. The highest BCUT2D eigenvalue weighted by Crippen LogP contribution is 2.22. The molecule has 18 heavy (non-hydrogen) atoms. The van der Waals surface area contributed by atoms with Crippen LogP contribution in [0, 0.1) is 6.92 Å². The molecule has 0 spiro atoms. The first-order valence-electron chi connectivity index (χ1n) is 5.98. The van der Waals surface area contributed by atoms with Gasteiger partial charge in [-0.15, -0.1) is 0 Å². The quantitative estimate of drug-likeness (QED) is 0.842. The summed E-state index contributed by atoms with van der Waals surface area (Å²) in [4.78, 5) is 19.6. The van der Waals surface area contributed by atoms with E-state index in [2.05, 4.69) is 9.97 Å². The minimum atomic E-state index is -0.784. The van der Waals surface area contributed by atoms with E-state index in [-0.39, 0.29) is 6.10 Å². The standard InChI is InChI=1S/C12H17N3O3/c1-8-14-6-9(7-15-8)11(12(13)16)18-10-2-4-17-5-3-10/h6-7,10-11H,2-5H2,1H3,(H2,13,16). The summed E-state index contributed by atoms with van der Waals surface area (Å²) in [6.07, 6.45) is 3.92. The van der Waals surface area contributed by atoms with Crippen LogP contribution in [0.4, 0.5) is 0 Å². The molecule has 0 aromatic carbocycles. The van der Waals surface area contributed by atoms with Gasteiger partial charge >= 0.3 is 0 Å². The van der Waals surface area contributed by atoms with E-state index in [0.29, 0.717) is 24.6 Å². The minimum Gasteiger partial charge on any atom is -0.381 e. The Morgan fingerprint density at radius 1 is 1.44 bits per heavy atom. The number of carbonyl (C=O) groups is 1. The monoisotopic (exact) mass is 251 g/mol. The molecule has 98 valence electrons. The molecule has 1 saturated heterocycles. The van der Waals surface area contributed by atoms with E-state index in [9.17, 15) is 4.79 Å². The molecule has 1 aromatic heterocycles. The average Bonchev–Trinajstić information content (AvgIpc) is 2.38. The maximum absolute atomic E-state index is 11.5. The van der Waals surface area contributed by atoms with Crippen molar-refractivity contribution in [2.45, 2.75) is 32.0 Å². The number of nitrogens with zero attached hydrogens (tertiary/aromatic N) is 2. The van der Waals surface area contributed by atoms with Gasteiger partial charge in [-0.2, -0.15) is 0 Å². The maximum Gasteiger partial charge on any atom is 0.251 e. The molecule has 6 nitrogen and oxygen atoms in total. The number of nitrogens with two attached hydrogens (primary N) is 1. The SMILES string of the molecule is Cc1ncc(C(OC2CCOCC2)C(N)=O)cn1. The van der Waals surface area contributed by atoms with Crippen molar-refractivity contribution < 1.29 is 14.3 Å². The second-order valence-electron chi connectivity index (χ2n) is 4.29. The van der Waals surface area contributed by atoms with Crippen molar-refractivity contribution >= 4 is 5.91 Å². The number of amides is 1. The van der Waals surface area contributed by atoms with Crippen molar-refractivity contribution in [3.63, 3.8) is 0 Å². The van der Waals surface area contributed by atoms with Crippen LogP contribution in [0.5, 0.6) is 0 Å². The Labute approximate surface area is 106 Å². The van der Waals surface area contributed by atoms with Crippen LogP contribution >= 0.6 is 0 Å². The van der Waals surface area contributed by atoms with Gasteiger partial charge in [0.25, 0.3) is 5.91 Å². The van der Waals surface area contributed by atoms with Gasteiger partial charge in [0, 0.05) is 31.2 Å². The number of ether oxygens (including phenoxy) is 2. The van der Waals surface area contributed by atoms with Gasteiger partial charge in [-0.1, -0.05) is 0 Å². The van der Waals surface area contributed by atoms with Gasteiger partial charge in [0.1, 0.15) is 5.82 Å². The molecule has 1 amide bonds. The summed E-state index contributed by atoms with van der Waals surface area (Å²) in [5.41, 5.74) is 5.97. The molecule has 1 aliphatic rings. The van der Waals surface area contributed by atoms with Crippen molar-refractivity contribution in [2.24, 2.45) is 5.73 Å². The van der Waals surface area contributed by atoms with Crippen LogP contribution in [0.2, 0.25) is 0 Å². The van der Waals surface area contributed by atoms with Crippen LogP contribution in [-0.4, -0.2) is 35.2 Å². The summed E-state index contributed by atoms with van der Waals surface area (Å²) < 4.78 is 11.0. The molecule has 0 aliphatic carbocycles. The first-order chi connectivity index (χ1) is 8.66. The van der Waals surface area contributed by atoms with E-state index in [0.717, 1.165) is 12.8 Å². The van der Waals surface area contributed by atoms with Crippen LogP contribution in [0.15, 0.2) is 12.4 Å². The third-order valence-electron chi connectivity index (χ3n) is 2.86. The average molecular weight is 251 g/mol. The molecular formula is C12H17N3O3. The Kier molecular flexibility index (Phi) is 4.22. The normalized spacial score (nSPS) is 18.5. The first-order valence-corrected chi connectivity index (χ1v) is 5.98. The van der Waals surface area contributed by atoms with Crippen LogP contribution in [-0.2, 0) is 14.3 Å². The van der Waals surface area contributed by atoms with E-state index >= 15 is 0 Å². The number of hydrogen-bond acceptors (Lipinski definition) is 5. The Morgan fingerprint density at radius 3 is 2.61 bits per heavy atom. The number of primary amides is 1. The van der Waals surface area contributed by atoms with E-state index in [4.69, 9.17) is 15.2 Å². The summed E-state index contributed by atoms with van der Waals surface area (Å²) >= 11 is 0. The molecule has 2 rings (SSSR count). The molecule has 1 unspecified atom stereocenters. The summed E-state index contributed by atoms with van der Waals surface area (Å²) in [5.74, 6) is 0.127. The topological polar surface area (TPSA) is 87.3 Å². The number of aryl methyl sites for hydroxylation is 1. The molecule has 1 aromatic rings. The highest BCUT2D eigenvalue weighted by atomic mass is 16.5. The second kappa shape index (κ2) is 5.88. The van der Waals surface area contributed by atoms with Gasteiger partial charge in [-0.3, -0.25) is 4.79 Å². The van der Waals surface area contributed by atoms with E-state index < -0.39 is 12.0 Å². The number of carbonyl (C=O) groups excluding carboxylic acids is 1. The third kappa shape index (κ3) is 3.24. The second-order valence-corrected chi connectivity index (χ2v) is 4.29. The minimum absolute atomic E-state index is 0.00227. The fraction of sp³-hybridized carbons (Fsp3) is 0.583. The van der Waals surface area contributed by atoms with Gasteiger partial charge in [-0.05, 0) is 19.8 Å². The van der Waals surface area contributed by atoms with Crippen LogP contribution < -0.4 is 5.73 Å². The van der Waals surface area contributed by atoms with Crippen molar-refractivity contribution in [1.82, 2.24) is 9.97 Å². The Balaban J connectivity index is 2.07. The molecule has 1 fully saturated rings. The molecule has 0 radical (unpaired) electrons. The third-order valence-corrected chi connectivity index (χ3v) is 2.86. The summed E-state index contributed by atoms with van der Waals surface area (Å²) in [6.45, 7) is 3.09. The molecule has 2 N–H and O–H groups in total. The van der Waals surface area contributed by atoms with Crippen LogP contribution in [0.25, 0.3) is 0 Å². The van der Waals surface area contributed by atoms with Gasteiger partial charge in [0.2, 0.25) is 0 Å². The lowest BCUT2D eigenvalue weighted by Gasteiger charge is -2.26. The van der Waals surface area contributed by atoms with E-state index in [1.54, 1.807) is 19.3 Å². The van der Waals surface area contributed by atoms with E-state index in [1.165, 1.54) is 0 Å². The largest absolute Gasteiger partial charge is 0.381 e. The molecule has 0 saturated carbocycles. The highest BCUT2D eigenvalue weighted by Gasteiger charge is 2.25. The van der Waals surface area contributed by atoms with Gasteiger partial charge in [0.05, 0.1) is 6.10 Å². The van der Waals surface area contributed by atoms with Gasteiger partial charge in [-0.25, -0.2) is 9.97 Å². The van der Waals surface area contributed by atoms with Gasteiger partial charge in [0.15, 0.2) is 6.10 Å². The van der Waals surface area contributed by atoms with Gasteiger partial charge < -0.3 is 15.2 Å². The zero-order valence-corrected chi connectivity index (χ0v) is 10.3. The summed E-state index contributed by atoms with van der Waals surface area (Å²) in [5, 5.41) is 0. The van der Waals surface area contributed by atoms with Crippen molar-refractivity contribution in [2.75, 3.05) is 13.2 Å². The zero-order valence-electron chi connectivity index (χ0n) is 10.3. The summed E-state index contributed by atoms with van der Waals surface area (Å²) in [6, 6.07) is 0. The molecule has 0 bridgehead atoms. The Bertz CT molecular complexity index is 402. The fourth-order valence-electron chi connectivity index (χ4n) is 1.85. The number of aromatic nitrogens is 2. The Hall–Kier alpha value is -1.53. The fourth-order valence-corrected chi connectivity index (χ4v) is 1.85. The lowest BCUT2D eigenvalue weighted by molar-refractivity contribution is -0.138. The Morgan fingerprint density at radius 2 is 2.06 bits per heavy atom. The van der Waals surface area contributed by atoms with E-state index in [1.807, 2.05) is 0 Å². The lowest BCUT2D eigenvalue weighted by atomic mass is 10.1. The van der Waals surface area contributed by atoms with Crippen molar-refractivity contribution in [1.29, 1.82) is 0 Å².